The summed E-state index contributed by atoms with van der Waals surface area (Å²) in [6.07, 6.45) is 1.89. The monoisotopic (exact) mass is 263 g/mol. The zero-order valence-corrected chi connectivity index (χ0v) is 11.0. The number of hydrogen-bond acceptors (Lipinski definition) is 4. The van der Waals surface area contributed by atoms with E-state index in [0.29, 0.717) is 6.42 Å². The van der Waals surface area contributed by atoms with Gasteiger partial charge in [0.05, 0.1) is 12.5 Å². The second kappa shape index (κ2) is 6.65. The molecule has 1 fully saturated rings. The first-order chi connectivity index (χ1) is 9.17. The van der Waals surface area contributed by atoms with E-state index in [1.165, 1.54) is 5.56 Å². The van der Waals surface area contributed by atoms with Crippen LogP contribution in [0.4, 0.5) is 0 Å². The van der Waals surface area contributed by atoms with Crippen molar-refractivity contribution in [2.75, 3.05) is 13.1 Å². The Bertz CT molecular complexity index is 411. The van der Waals surface area contributed by atoms with Crippen LogP contribution in [-0.2, 0) is 17.8 Å². The van der Waals surface area contributed by atoms with Gasteiger partial charge in [-0.15, -0.1) is 0 Å². The van der Waals surface area contributed by atoms with Crippen molar-refractivity contribution in [2.45, 2.75) is 31.9 Å². The van der Waals surface area contributed by atoms with Crippen molar-refractivity contribution in [1.82, 2.24) is 10.3 Å². The maximum absolute atomic E-state index is 11.1. The largest absolute Gasteiger partial charge is 0.393 e. The third kappa shape index (κ3) is 4.31. The lowest BCUT2D eigenvalue weighted by molar-refractivity contribution is -0.120. The number of hydrogen-bond donors (Lipinski definition) is 3. The van der Waals surface area contributed by atoms with E-state index in [1.54, 1.807) is 0 Å². The summed E-state index contributed by atoms with van der Waals surface area (Å²) in [6.45, 7) is 2.78. The van der Waals surface area contributed by atoms with Crippen molar-refractivity contribution in [2.24, 2.45) is 5.84 Å². The third-order valence-corrected chi connectivity index (χ3v) is 3.51. The van der Waals surface area contributed by atoms with Crippen LogP contribution in [0.1, 0.15) is 24.0 Å². The molecule has 0 unspecified atom stereocenters. The number of amides is 1. The molecule has 0 bridgehead atoms. The van der Waals surface area contributed by atoms with Gasteiger partial charge in [-0.3, -0.25) is 15.1 Å². The van der Waals surface area contributed by atoms with Gasteiger partial charge < -0.3 is 5.11 Å². The van der Waals surface area contributed by atoms with Crippen molar-refractivity contribution in [3.05, 3.63) is 35.4 Å². The zero-order chi connectivity index (χ0) is 13.7. The number of likely N-dealkylation sites (tertiary alicyclic amines) is 1. The topological polar surface area (TPSA) is 78.6 Å². The Balaban J connectivity index is 1.86. The average molecular weight is 263 g/mol. The minimum atomic E-state index is -0.183. The molecule has 0 saturated carbocycles. The molecular formula is C14H21N3O2. The van der Waals surface area contributed by atoms with Crippen LogP contribution < -0.4 is 11.3 Å². The Morgan fingerprint density at radius 2 is 1.84 bits per heavy atom. The number of benzene rings is 1. The highest BCUT2D eigenvalue weighted by Gasteiger charge is 2.16. The summed E-state index contributed by atoms with van der Waals surface area (Å²) in [7, 11) is 0. The van der Waals surface area contributed by atoms with Crippen molar-refractivity contribution >= 4 is 5.91 Å². The van der Waals surface area contributed by atoms with Gasteiger partial charge in [0.25, 0.3) is 0 Å². The summed E-state index contributed by atoms with van der Waals surface area (Å²) in [6, 6.07) is 8.01. The van der Waals surface area contributed by atoms with Crippen LogP contribution in [0.5, 0.6) is 0 Å². The maximum atomic E-state index is 11.1. The number of carbonyl (C=O) groups is 1. The molecule has 1 aromatic carbocycles. The Kier molecular flexibility index (Phi) is 4.90. The second-order valence-electron chi connectivity index (χ2n) is 5.07. The van der Waals surface area contributed by atoms with Gasteiger partial charge in [-0.25, -0.2) is 5.84 Å². The smallest absolute Gasteiger partial charge is 0.238 e. The van der Waals surface area contributed by atoms with E-state index < -0.39 is 0 Å². The molecule has 2 rings (SSSR count). The molecule has 1 amide bonds. The van der Waals surface area contributed by atoms with E-state index in [-0.39, 0.29) is 12.0 Å². The number of rotatable bonds is 4. The van der Waals surface area contributed by atoms with Crippen LogP contribution in [0.25, 0.3) is 0 Å². The highest BCUT2D eigenvalue weighted by molar-refractivity contribution is 5.77. The summed E-state index contributed by atoms with van der Waals surface area (Å²) in [5.74, 6) is 4.88. The number of nitrogens with one attached hydrogen (secondary N) is 1. The van der Waals surface area contributed by atoms with Crippen LogP contribution in [0.15, 0.2) is 24.3 Å². The lowest BCUT2D eigenvalue weighted by Gasteiger charge is -2.29. The Hall–Kier alpha value is -1.43. The van der Waals surface area contributed by atoms with E-state index in [2.05, 4.69) is 10.3 Å². The van der Waals surface area contributed by atoms with Gasteiger partial charge in [0, 0.05) is 19.6 Å². The zero-order valence-electron chi connectivity index (χ0n) is 11.0. The van der Waals surface area contributed by atoms with Gasteiger partial charge in [-0.05, 0) is 24.0 Å². The number of carbonyl (C=O) groups excluding carboxylic acids is 1. The maximum Gasteiger partial charge on any atom is 0.238 e. The summed E-state index contributed by atoms with van der Waals surface area (Å²) in [5.41, 5.74) is 4.32. The Labute approximate surface area is 113 Å². The lowest BCUT2D eigenvalue weighted by atomic mass is 10.1. The molecule has 0 aliphatic carbocycles. The fourth-order valence-electron chi connectivity index (χ4n) is 2.33. The first-order valence-corrected chi connectivity index (χ1v) is 6.65. The highest BCUT2D eigenvalue weighted by Crippen LogP contribution is 2.14. The number of hydrazine groups is 1. The summed E-state index contributed by atoms with van der Waals surface area (Å²) in [5, 5.41) is 9.46. The number of aliphatic hydroxyl groups excluding tert-OH is 1. The van der Waals surface area contributed by atoms with Gasteiger partial charge in [0.15, 0.2) is 0 Å². The van der Waals surface area contributed by atoms with Crippen molar-refractivity contribution in [3.63, 3.8) is 0 Å². The molecule has 0 atom stereocenters. The molecule has 1 aliphatic rings. The van der Waals surface area contributed by atoms with E-state index >= 15 is 0 Å². The minimum Gasteiger partial charge on any atom is -0.393 e. The van der Waals surface area contributed by atoms with Crippen LogP contribution in [0, 0.1) is 0 Å². The van der Waals surface area contributed by atoms with E-state index in [9.17, 15) is 9.90 Å². The van der Waals surface area contributed by atoms with Crippen LogP contribution in [-0.4, -0.2) is 35.1 Å². The van der Waals surface area contributed by atoms with Crippen molar-refractivity contribution in [1.29, 1.82) is 0 Å². The minimum absolute atomic E-state index is 0.131. The molecule has 1 aliphatic heterocycles. The standard InChI is InChI=1S/C14H21N3O2/c15-16-14(19)9-11-1-3-12(4-2-11)10-17-7-5-13(18)6-8-17/h1-4,13,18H,5-10,15H2,(H,16,19). The molecule has 0 spiro atoms. The molecule has 4 N–H and O–H groups in total. The number of piperidine rings is 1. The molecule has 0 radical (unpaired) electrons. The predicted molar refractivity (Wildman–Crippen MR) is 73.0 cm³/mol. The summed E-state index contributed by atoms with van der Waals surface area (Å²) >= 11 is 0. The molecule has 0 aromatic heterocycles. The Morgan fingerprint density at radius 3 is 2.42 bits per heavy atom. The fourth-order valence-corrected chi connectivity index (χ4v) is 2.33. The second-order valence-corrected chi connectivity index (χ2v) is 5.07. The number of aliphatic hydroxyl groups is 1. The van der Waals surface area contributed by atoms with Gasteiger partial charge in [0.1, 0.15) is 0 Å². The first-order valence-electron chi connectivity index (χ1n) is 6.65. The summed E-state index contributed by atoms with van der Waals surface area (Å²) in [4.78, 5) is 13.5. The quantitative estimate of drug-likeness (QED) is 0.411. The Morgan fingerprint density at radius 1 is 1.26 bits per heavy atom. The predicted octanol–water partition coefficient (Wildman–Crippen LogP) is 0.176. The summed E-state index contributed by atoms with van der Waals surface area (Å²) < 4.78 is 0. The molecule has 19 heavy (non-hydrogen) atoms. The number of nitrogens with zero attached hydrogens (tertiary/aromatic N) is 1. The number of nitrogens with two attached hydrogens (primary N) is 1. The van der Waals surface area contributed by atoms with E-state index in [1.807, 2.05) is 24.3 Å². The molecule has 104 valence electrons. The van der Waals surface area contributed by atoms with Gasteiger partial charge >= 0.3 is 0 Å². The molecule has 5 heteroatoms. The molecular weight excluding hydrogens is 242 g/mol. The lowest BCUT2D eigenvalue weighted by Crippen LogP contribution is -2.35. The normalized spacial score (nSPS) is 17.4. The molecule has 1 saturated heterocycles. The van der Waals surface area contributed by atoms with E-state index in [4.69, 9.17) is 5.84 Å². The van der Waals surface area contributed by atoms with Crippen molar-refractivity contribution < 1.29 is 9.90 Å². The van der Waals surface area contributed by atoms with Gasteiger partial charge in [-0.1, -0.05) is 24.3 Å². The first kappa shape index (κ1) is 14.0. The van der Waals surface area contributed by atoms with Gasteiger partial charge in [0.2, 0.25) is 5.91 Å². The third-order valence-electron chi connectivity index (χ3n) is 3.51. The van der Waals surface area contributed by atoms with Crippen LogP contribution >= 0.6 is 0 Å². The fraction of sp³-hybridized carbons (Fsp3) is 0.500. The van der Waals surface area contributed by atoms with Crippen molar-refractivity contribution in [3.8, 4) is 0 Å². The average Bonchev–Trinajstić information content (AvgIpc) is 2.43. The van der Waals surface area contributed by atoms with Crippen LogP contribution in [0.2, 0.25) is 0 Å². The van der Waals surface area contributed by atoms with E-state index in [0.717, 1.165) is 38.0 Å². The molecule has 1 heterocycles. The molecule has 1 aromatic rings. The van der Waals surface area contributed by atoms with Crippen LogP contribution in [0.3, 0.4) is 0 Å². The van der Waals surface area contributed by atoms with Gasteiger partial charge in [-0.2, -0.15) is 0 Å². The SMILES string of the molecule is NNC(=O)Cc1ccc(CN2CCC(O)CC2)cc1. The highest BCUT2D eigenvalue weighted by atomic mass is 16.3. The molecule has 5 nitrogen and oxygen atoms in total.